The zero-order valence-electron chi connectivity index (χ0n) is 29.5. The van der Waals surface area contributed by atoms with Gasteiger partial charge in [0.1, 0.15) is 37.6 Å². The Labute approximate surface area is 289 Å². The molecular formula is C36H44O14. The number of carbonyl (C=O) groups excluding carboxylic acids is 2. The van der Waals surface area contributed by atoms with E-state index >= 15 is 0 Å². The van der Waals surface area contributed by atoms with Crippen LogP contribution in [0.15, 0.2) is 36.4 Å². The van der Waals surface area contributed by atoms with Crippen LogP contribution in [0.5, 0.6) is 0 Å². The molecule has 2 aromatic rings. The molecule has 0 saturated carbocycles. The molecule has 2 spiro atoms. The highest BCUT2D eigenvalue weighted by Crippen LogP contribution is 2.47. The summed E-state index contributed by atoms with van der Waals surface area (Å²) in [6.45, 7) is 14.3. The fraction of sp³-hybridized carbons (Fsp3) is 0.667. The van der Waals surface area contributed by atoms with E-state index < -0.39 is 83.3 Å². The van der Waals surface area contributed by atoms with Crippen LogP contribution in [-0.2, 0) is 56.8 Å². The summed E-state index contributed by atoms with van der Waals surface area (Å²) in [4.78, 5) is 28.9. The van der Waals surface area contributed by atoms with Crippen LogP contribution < -0.4 is 0 Å². The van der Waals surface area contributed by atoms with Gasteiger partial charge in [0, 0.05) is 0 Å². The van der Waals surface area contributed by atoms with Crippen LogP contribution in [-0.4, -0.2) is 110 Å². The van der Waals surface area contributed by atoms with Crippen molar-refractivity contribution in [2.24, 2.45) is 0 Å². The molecule has 6 fully saturated rings. The van der Waals surface area contributed by atoms with Crippen molar-refractivity contribution in [1.29, 1.82) is 0 Å². The summed E-state index contributed by atoms with van der Waals surface area (Å²) in [7, 11) is 0. The van der Waals surface area contributed by atoms with Gasteiger partial charge in [0.25, 0.3) is 0 Å². The molecule has 6 aliphatic heterocycles. The highest BCUT2D eigenvalue weighted by Gasteiger charge is 2.66. The second-order valence-electron chi connectivity index (χ2n) is 15.5. The maximum Gasteiger partial charge on any atom is 0.339 e. The van der Waals surface area contributed by atoms with E-state index in [-0.39, 0.29) is 37.6 Å². The van der Waals surface area contributed by atoms with Gasteiger partial charge in [-0.3, -0.25) is 0 Å². The average molecular weight is 701 g/mol. The Hall–Kier alpha value is -2.76. The Balaban J connectivity index is 1.15. The minimum absolute atomic E-state index is 0.0271. The van der Waals surface area contributed by atoms with Crippen molar-refractivity contribution in [2.45, 2.75) is 127 Å². The summed E-state index contributed by atoms with van der Waals surface area (Å²) in [6.07, 6.45) is -4.85. The summed E-state index contributed by atoms with van der Waals surface area (Å²) in [6, 6.07) is 10.5. The molecule has 0 radical (unpaired) electrons. The molecule has 2 aromatic carbocycles. The number of rotatable bonds is 4. The number of carbonyl (C=O) groups is 2. The lowest BCUT2D eigenvalue weighted by molar-refractivity contribution is -0.325. The van der Waals surface area contributed by atoms with Crippen molar-refractivity contribution >= 4 is 22.7 Å². The fourth-order valence-corrected chi connectivity index (χ4v) is 7.78. The maximum absolute atomic E-state index is 14.4. The first-order chi connectivity index (χ1) is 23.4. The molecule has 0 aromatic heterocycles. The molecule has 0 unspecified atom stereocenters. The van der Waals surface area contributed by atoms with Crippen LogP contribution in [0.3, 0.4) is 0 Å². The first kappa shape index (κ1) is 34.3. The quantitative estimate of drug-likeness (QED) is 0.425. The van der Waals surface area contributed by atoms with E-state index in [2.05, 4.69) is 0 Å². The molecule has 0 N–H and O–H groups in total. The molecule has 6 saturated heterocycles. The number of hydrogen-bond donors (Lipinski definition) is 0. The fourth-order valence-electron chi connectivity index (χ4n) is 7.78. The Morgan fingerprint density at radius 3 is 1.34 bits per heavy atom. The Morgan fingerprint density at radius 1 is 0.580 bits per heavy atom. The first-order valence-corrected chi connectivity index (χ1v) is 17.0. The standard InChI is InChI=1S/C36H44O14/c1-31(2)41-17-35(49-31)27(25-23(15-39-35)45-33(5,6)47-25)43-29(37)21-13-19-11-9-10-12-20(19)14-22(21)30(38)44-28-26-24(46-34(7,8)48-26)16-40-36(28)18-42-32(3,4)50-36/h9-14,23-28H,15-18H2,1-8H3/t23-,24-,25-,26-,27+,28+,35+,36+/m1/s1. The Bertz CT molecular complexity index is 1580. The van der Waals surface area contributed by atoms with Crippen LogP contribution >= 0.6 is 0 Å². The van der Waals surface area contributed by atoms with E-state index in [1.54, 1.807) is 67.5 Å². The van der Waals surface area contributed by atoms with E-state index in [1.807, 2.05) is 24.3 Å². The Morgan fingerprint density at radius 2 is 0.980 bits per heavy atom. The van der Waals surface area contributed by atoms with Gasteiger partial charge in [-0.2, -0.15) is 0 Å². The molecule has 8 atom stereocenters. The highest BCUT2D eigenvalue weighted by molar-refractivity contribution is 6.07. The SMILES string of the molecule is CC1(C)O[C@@H]2[C@@H](CO[C@]3(COC(C)(C)O3)[C@H]2OC(=O)c2cc3ccccc3cc2C(=O)O[C@H]2[C@@H]3OC(C)(C)O[C@@H]3CO[C@]23COC(C)(C)O3)O1. The van der Waals surface area contributed by atoms with Gasteiger partial charge in [-0.15, -0.1) is 0 Å². The van der Waals surface area contributed by atoms with Crippen molar-refractivity contribution in [3.05, 3.63) is 47.5 Å². The second kappa shape index (κ2) is 11.4. The summed E-state index contributed by atoms with van der Waals surface area (Å²) in [5.41, 5.74) is -0.0880. The van der Waals surface area contributed by atoms with Gasteiger partial charge in [0.15, 0.2) is 35.4 Å². The normalized spacial score (nSPS) is 39.0. The molecule has 6 aliphatic rings. The number of ether oxygens (including phenoxy) is 12. The lowest BCUT2D eigenvalue weighted by Gasteiger charge is -2.43. The van der Waals surface area contributed by atoms with Gasteiger partial charge in [-0.05, 0) is 78.3 Å². The van der Waals surface area contributed by atoms with Gasteiger partial charge in [0.05, 0.1) is 24.3 Å². The zero-order valence-corrected chi connectivity index (χ0v) is 29.5. The molecule has 0 amide bonds. The van der Waals surface area contributed by atoms with E-state index in [0.717, 1.165) is 0 Å². The largest absolute Gasteiger partial charge is 0.450 e. The molecule has 8 rings (SSSR count). The predicted molar refractivity (Wildman–Crippen MR) is 170 cm³/mol. The van der Waals surface area contributed by atoms with Crippen molar-refractivity contribution in [3.8, 4) is 0 Å². The topological polar surface area (TPSA) is 145 Å². The summed E-state index contributed by atoms with van der Waals surface area (Å²) < 4.78 is 73.9. The lowest BCUT2D eigenvalue weighted by atomic mass is 9.95. The summed E-state index contributed by atoms with van der Waals surface area (Å²) in [5, 5.41) is 1.40. The average Bonchev–Trinajstić information content (AvgIpc) is 3.74. The maximum atomic E-state index is 14.4. The second-order valence-corrected chi connectivity index (χ2v) is 15.5. The van der Waals surface area contributed by atoms with E-state index in [0.29, 0.717) is 10.8 Å². The summed E-state index contributed by atoms with van der Waals surface area (Å²) in [5.74, 6) is -8.62. The van der Waals surface area contributed by atoms with Crippen LogP contribution in [0, 0.1) is 0 Å². The zero-order chi connectivity index (χ0) is 35.5. The minimum Gasteiger partial charge on any atom is -0.450 e. The first-order valence-electron chi connectivity index (χ1n) is 17.0. The predicted octanol–water partition coefficient (Wildman–Crippen LogP) is 3.95. The van der Waals surface area contributed by atoms with Gasteiger partial charge in [0.2, 0.25) is 11.6 Å². The molecular weight excluding hydrogens is 656 g/mol. The monoisotopic (exact) mass is 700 g/mol. The van der Waals surface area contributed by atoms with E-state index in [4.69, 9.17) is 56.8 Å². The lowest BCUT2D eigenvalue weighted by Crippen LogP contribution is -2.63. The van der Waals surface area contributed by atoms with Crippen molar-refractivity contribution in [2.75, 3.05) is 26.4 Å². The van der Waals surface area contributed by atoms with E-state index in [9.17, 15) is 9.59 Å². The van der Waals surface area contributed by atoms with Crippen LogP contribution in [0.2, 0.25) is 0 Å². The smallest absolute Gasteiger partial charge is 0.339 e. The van der Waals surface area contributed by atoms with Crippen LogP contribution in [0.1, 0.15) is 76.1 Å². The third-order valence-corrected chi connectivity index (χ3v) is 9.76. The van der Waals surface area contributed by atoms with Crippen LogP contribution in [0.25, 0.3) is 10.8 Å². The molecule has 14 nitrogen and oxygen atoms in total. The molecule has 14 heteroatoms. The van der Waals surface area contributed by atoms with E-state index in [1.165, 1.54) is 0 Å². The minimum atomic E-state index is -1.48. The van der Waals surface area contributed by atoms with Crippen molar-refractivity contribution in [3.63, 3.8) is 0 Å². The third kappa shape index (κ3) is 5.93. The van der Waals surface area contributed by atoms with Gasteiger partial charge in [-0.25, -0.2) is 9.59 Å². The molecule has 50 heavy (non-hydrogen) atoms. The van der Waals surface area contributed by atoms with Crippen molar-refractivity contribution < 1.29 is 66.4 Å². The third-order valence-electron chi connectivity index (χ3n) is 9.76. The van der Waals surface area contributed by atoms with Gasteiger partial charge >= 0.3 is 11.9 Å². The number of hydrogen-bond acceptors (Lipinski definition) is 14. The molecule has 0 aliphatic carbocycles. The summed E-state index contributed by atoms with van der Waals surface area (Å²) >= 11 is 0. The van der Waals surface area contributed by atoms with Crippen LogP contribution in [0.4, 0.5) is 0 Å². The number of fused-ring (bicyclic) bond motifs is 3. The molecule has 0 bridgehead atoms. The van der Waals surface area contributed by atoms with Crippen molar-refractivity contribution in [1.82, 2.24) is 0 Å². The molecule has 6 heterocycles. The number of esters is 2. The number of benzene rings is 2. The highest BCUT2D eigenvalue weighted by atomic mass is 16.9. The molecule has 272 valence electrons. The van der Waals surface area contributed by atoms with Gasteiger partial charge < -0.3 is 56.8 Å². The Kier molecular flexibility index (Phi) is 7.81. The van der Waals surface area contributed by atoms with Gasteiger partial charge in [-0.1, -0.05) is 24.3 Å².